The Balaban J connectivity index is 1.75. The molecule has 0 aliphatic rings. The van der Waals surface area contributed by atoms with Gasteiger partial charge in [-0.05, 0) is 36.2 Å². The van der Waals surface area contributed by atoms with Gasteiger partial charge >= 0.3 is 5.97 Å². The van der Waals surface area contributed by atoms with Crippen LogP contribution in [0.3, 0.4) is 0 Å². The molecule has 0 saturated carbocycles. The van der Waals surface area contributed by atoms with E-state index in [-0.39, 0.29) is 12.2 Å². The highest BCUT2D eigenvalue weighted by Gasteiger charge is 2.19. The lowest BCUT2D eigenvalue weighted by Gasteiger charge is -2.11. The number of benzene rings is 1. The fourth-order valence-corrected chi connectivity index (χ4v) is 2.57. The van der Waals surface area contributed by atoms with E-state index in [0.29, 0.717) is 21.9 Å². The van der Waals surface area contributed by atoms with Crippen LogP contribution in [0.1, 0.15) is 22.9 Å². The minimum atomic E-state index is -1.46. The van der Waals surface area contributed by atoms with E-state index in [9.17, 15) is 14.7 Å². The van der Waals surface area contributed by atoms with Crippen molar-refractivity contribution < 1.29 is 14.6 Å². The van der Waals surface area contributed by atoms with Gasteiger partial charge in [-0.3, -0.25) is 9.20 Å². The second-order valence-corrected chi connectivity index (χ2v) is 6.02. The van der Waals surface area contributed by atoms with Crippen molar-refractivity contribution >= 4 is 23.2 Å². The molecular formula is C18H15ClN2O4. The highest BCUT2D eigenvalue weighted by atomic mass is 35.5. The van der Waals surface area contributed by atoms with Crippen LogP contribution in [0.2, 0.25) is 5.02 Å². The molecule has 0 saturated heterocycles. The minimum Gasteiger partial charge on any atom is -0.457 e. The topological polar surface area (TPSA) is 80.9 Å². The lowest BCUT2D eigenvalue weighted by atomic mass is 10.1. The Hall–Kier alpha value is -2.70. The van der Waals surface area contributed by atoms with Crippen molar-refractivity contribution in [2.45, 2.75) is 19.6 Å². The normalized spacial score (nSPS) is 12.1. The summed E-state index contributed by atoms with van der Waals surface area (Å²) in [5.74, 6) is -0.840. The van der Waals surface area contributed by atoms with Crippen LogP contribution in [0.4, 0.5) is 0 Å². The van der Waals surface area contributed by atoms with Gasteiger partial charge in [-0.1, -0.05) is 29.8 Å². The number of fused-ring (bicyclic) bond motifs is 1. The molecule has 1 N–H and O–H groups in total. The molecule has 0 spiro atoms. The Morgan fingerprint density at radius 2 is 2.12 bits per heavy atom. The van der Waals surface area contributed by atoms with Crippen LogP contribution in [0.25, 0.3) is 5.65 Å². The predicted molar refractivity (Wildman–Crippen MR) is 92.4 cm³/mol. The number of carbonyl (C=O) groups excluding carboxylic acids is 1. The zero-order valence-corrected chi connectivity index (χ0v) is 14.1. The van der Waals surface area contributed by atoms with E-state index < -0.39 is 12.1 Å². The minimum absolute atomic E-state index is 0.212. The van der Waals surface area contributed by atoms with Gasteiger partial charge in [0.1, 0.15) is 12.3 Å². The van der Waals surface area contributed by atoms with Crippen molar-refractivity contribution in [3.05, 3.63) is 80.9 Å². The number of rotatable bonds is 4. The van der Waals surface area contributed by atoms with Crippen molar-refractivity contribution in [3.8, 4) is 0 Å². The SMILES string of the molecule is Cc1ccc2nc(COC(=O)C(O)c3cccc(Cl)c3)cc(=O)n2c1. The summed E-state index contributed by atoms with van der Waals surface area (Å²) in [5.41, 5.74) is 1.76. The van der Waals surface area contributed by atoms with Gasteiger partial charge in [0.25, 0.3) is 5.56 Å². The Labute approximate surface area is 148 Å². The lowest BCUT2D eigenvalue weighted by Crippen LogP contribution is -2.19. The number of carbonyl (C=O) groups is 1. The quantitative estimate of drug-likeness (QED) is 0.724. The van der Waals surface area contributed by atoms with Gasteiger partial charge in [-0.25, -0.2) is 9.78 Å². The van der Waals surface area contributed by atoms with Crippen molar-refractivity contribution in [2.75, 3.05) is 0 Å². The Morgan fingerprint density at radius 3 is 2.88 bits per heavy atom. The fourth-order valence-electron chi connectivity index (χ4n) is 2.37. The van der Waals surface area contributed by atoms with Gasteiger partial charge in [-0.15, -0.1) is 0 Å². The predicted octanol–water partition coefficient (Wildman–Crippen LogP) is 2.43. The van der Waals surface area contributed by atoms with Crippen molar-refractivity contribution in [1.29, 1.82) is 0 Å². The van der Waals surface area contributed by atoms with Gasteiger partial charge in [0.15, 0.2) is 6.10 Å². The average molecular weight is 359 g/mol. The van der Waals surface area contributed by atoms with Crippen LogP contribution in [-0.4, -0.2) is 20.5 Å². The molecule has 0 aliphatic heterocycles. The van der Waals surface area contributed by atoms with Crippen LogP contribution < -0.4 is 5.56 Å². The van der Waals surface area contributed by atoms with E-state index in [1.165, 1.54) is 16.5 Å². The third kappa shape index (κ3) is 3.87. The van der Waals surface area contributed by atoms with Gasteiger partial charge in [-0.2, -0.15) is 0 Å². The average Bonchev–Trinajstić information content (AvgIpc) is 2.59. The van der Waals surface area contributed by atoms with E-state index in [0.717, 1.165) is 5.56 Å². The standard InChI is InChI=1S/C18H15ClN2O4/c1-11-5-6-15-20-14(8-16(22)21(15)9-11)10-25-18(24)17(23)12-3-2-4-13(19)7-12/h2-9,17,23H,10H2,1H3. The van der Waals surface area contributed by atoms with E-state index in [1.54, 1.807) is 30.5 Å². The molecule has 128 valence electrons. The third-order valence-electron chi connectivity index (χ3n) is 3.61. The molecule has 1 aromatic carbocycles. The second kappa shape index (κ2) is 7.04. The molecule has 3 rings (SSSR count). The first kappa shape index (κ1) is 17.1. The highest BCUT2D eigenvalue weighted by Crippen LogP contribution is 2.19. The molecule has 0 aliphatic carbocycles. The van der Waals surface area contributed by atoms with Crippen molar-refractivity contribution in [2.24, 2.45) is 0 Å². The van der Waals surface area contributed by atoms with Gasteiger partial charge in [0.05, 0.1) is 5.69 Å². The lowest BCUT2D eigenvalue weighted by molar-refractivity contribution is -0.155. The molecule has 7 heteroatoms. The van der Waals surface area contributed by atoms with E-state index in [4.69, 9.17) is 16.3 Å². The third-order valence-corrected chi connectivity index (χ3v) is 3.85. The molecule has 6 nitrogen and oxygen atoms in total. The molecule has 0 amide bonds. The van der Waals surface area contributed by atoms with E-state index >= 15 is 0 Å². The number of hydrogen-bond donors (Lipinski definition) is 1. The number of nitrogens with zero attached hydrogens (tertiary/aromatic N) is 2. The first-order valence-electron chi connectivity index (χ1n) is 7.53. The molecule has 1 unspecified atom stereocenters. The van der Waals surface area contributed by atoms with Gasteiger partial charge in [0.2, 0.25) is 0 Å². The molecule has 1 atom stereocenters. The number of aliphatic hydroxyl groups is 1. The largest absolute Gasteiger partial charge is 0.457 e. The van der Waals surface area contributed by atoms with Gasteiger partial charge < -0.3 is 9.84 Å². The van der Waals surface area contributed by atoms with Gasteiger partial charge in [0, 0.05) is 17.3 Å². The molecule has 3 aromatic rings. The number of aromatic nitrogens is 2. The van der Waals surface area contributed by atoms with Crippen LogP contribution in [-0.2, 0) is 16.1 Å². The smallest absolute Gasteiger partial charge is 0.340 e. The first-order valence-corrected chi connectivity index (χ1v) is 7.91. The Kier molecular flexibility index (Phi) is 4.83. The number of esters is 1. The number of hydrogen-bond acceptors (Lipinski definition) is 5. The fraction of sp³-hybridized carbons (Fsp3) is 0.167. The van der Waals surface area contributed by atoms with Crippen LogP contribution in [0.15, 0.2) is 53.5 Å². The summed E-state index contributed by atoms with van der Waals surface area (Å²) in [6.45, 7) is 1.66. The van der Waals surface area contributed by atoms with Crippen molar-refractivity contribution in [1.82, 2.24) is 9.38 Å². The summed E-state index contributed by atoms with van der Waals surface area (Å²) in [6.07, 6.45) is 0.228. The summed E-state index contributed by atoms with van der Waals surface area (Å²) in [4.78, 5) is 28.4. The Morgan fingerprint density at radius 1 is 1.32 bits per heavy atom. The molecule has 0 fully saturated rings. The number of halogens is 1. The number of ether oxygens (including phenoxy) is 1. The summed E-state index contributed by atoms with van der Waals surface area (Å²) < 4.78 is 6.49. The maximum absolute atomic E-state index is 12.1. The van der Waals surface area contributed by atoms with Crippen LogP contribution in [0, 0.1) is 6.92 Å². The number of pyridine rings is 1. The maximum atomic E-state index is 12.1. The van der Waals surface area contributed by atoms with Crippen LogP contribution >= 0.6 is 11.6 Å². The first-order chi connectivity index (χ1) is 11.9. The van der Waals surface area contributed by atoms with Crippen LogP contribution in [0.5, 0.6) is 0 Å². The summed E-state index contributed by atoms with van der Waals surface area (Å²) in [5, 5.41) is 10.4. The molecule has 2 aromatic heterocycles. The summed E-state index contributed by atoms with van der Waals surface area (Å²) >= 11 is 5.84. The maximum Gasteiger partial charge on any atom is 0.340 e. The summed E-state index contributed by atoms with van der Waals surface area (Å²) in [7, 11) is 0. The number of aryl methyl sites for hydroxylation is 1. The Bertz CT molecular complexity index is 1000. The molecule has 0 radical (unpaired) electrons. The highest BCUT2D eigenvalue weighted by molar-refractivity contribution is 6.30. The molecular weight excluding hydrogens is 344 g/mol. The second-order valence-electron chi connectivity index (χ2n) is 5.59. The van der Waals surface area contributed by atoms with E-state index in [1.807, 2.05) is 13.0 Å². The zero-order valence-electron chi connectivity index (χ0n) is 13.3. The molecule has 0 bridgehead atoms. The van der Waals surface area contributed by atoms with Crippen molar-refractivity contribution in [3.63, 3.8) is 0 Å². The summed E-state index contributed by atoms with van der Waals surface area (Å²) in [6, 6.07) is 11.2. The number of aliphatic hydroxyl groups excluding tert-OH is 1. The molecule has 2 heterocycles. The zero-order chi connectivity index (χ0) is 18.0. The monoisotopic (exact) mass is 358 g/mol. The van der Waals surface area contributed by atoms with E-state index in [2.05, 4.69) is 4.98 Å². The molecule has 25 heavy (non-hydrogen) atoms.